The number of rotatable bonds is 8. The van der Waals surface area contributed by atoms with E-state index in [0.717, 1.165) is 26.2 Å². The van der Waals surface area contributed by atoms with Crippen LogP contribution in [0.2, 0.25) is 0 Å². The van der Waals surface area contributed by atoms with Gasteiger partial charge in [0.05, 0.1) is 6.10 Å². The molecule has 2 atom stereocenters. The van der Waals surface area contributed by atoms with E-state index in [4.69, 9.17) is 9.47 Å². The van der Waals surface area contributed by atoms with Crippen molar-refractivity contribution in [1.82, 2.24) is 5.32 Å². The van der Waals surface area contributed by atoms with Crippen LogP contribution in [-0.2, 0) is 9.47 Å². The summed E-state index contributed by atoms with van der Waals surface area (Å²) in [5.41, 5.74) is 0. The van der Waals surface area contributed by atoms with Gasteiger partial charge in [-0.05, 0) is 38.1 Å². The molecule has 1 aliphatic heterocycles. The lowest BCUT2D eigenvalue weighted by Gasteiger charge is -2.36. The molecule has 0 aromatic carbocycles. The van der Waals surface area contributed by atoms with E-state index >= 15 is 0 Å². The van der Waals surface area contributed by atoms with Gasteiger partial charge in [-0.2, -0.15) is 0 Å². The maximum atomic E-state index is 5.70. The van der Waals surface area contributed by atoms with Crippen molar-refractivity contribution in [3.8, 4) is 0 Å². The quantitative estimate of drug-likeness (QED) is 0.711. The van der Waals surface area contributed by atoms with Crippen LogP contribution in [0, 0.1) is 5.92 Å². The summed E-state index contributed by atoms with van der Waals surface area (Å²) in [6, 6.07) is 0.504. The molecular weight excluding hydrogens is 214 g/mol. The second kappa shape index (κ2) is 8.90. The molecule has 1 saturated heterocycles. The highest BCUT2D eigenvalue weighted by atomic mass is 16.5. The van der Waals surface area contributed by atoms with Gasteiger partial charge in [0, 0.05) is 26.4 Å². The number of hydrogen-bond donors (Lipinski definition) is 1. The molecule has 0 aromatic heterocycles. The van der Waals surface area contributed by atoms with E-state index in [2.05, 4.69) is 19.2 Å². The average molecular weight is 243 g/mol. The monoisotopic (exact) mass is 243 g/mol. The fourth-order valence-electron chi connectivity index (χ4n) is 2.72. The van der Waals surface area contributed by atoms with Gasteiger partial charge in [0.2, 0.25) is 0 Å². The lowest BCUT2D eigenvalue weighted by atomic mass is 9.86. The van der Waals surface area contributed by atoms with Crippen LogP contribution in [0.1, 0.15) is 46.0 Å². The van der Waals surface area contributed by atoms with E-state index in [9.17, 15) is 0 Å². The van der Waals surface area contributed by atoms with Crippen molar-refractivity contribution in [2.75, 3.05) is 26.9 Å². The molecule has 1 aliphatic rings. The lowest BCUT2D eigenvalue weighted by Crippen LogP contribution is -2.48. The predicted molar refractivity (Wildman–Crippen MR) is 71.3 cm³/mol. The topological polar surface area (TPSA) is 30.5 Å². The minimum absolute atomic E-state index is 0.356. The van der Waals surface area contributed by atoms with Crippen molar-refractivity contribution in [3.05, 3.63) is 0 Å². The van der Waals surface area contributed by atoms with Gasteiger partial charge in [-0.25, -0.2) is 0 Å². The summed E-state index contributed by atoms with van der Waals surface area (Å²) in [6.07, 6.45) is 6.22. The summed E-state index contributed by atoms with van der Waals surface area (Å²) < 4.78 is 11.2. The van der Waals surface area contributed by atoms with Crippen molar-refractivity contribution in [2.24, 2.45) is 5.92 Å². The molecular formula is C14H29NO2. The smallest absolute Gasteiger partial charge is 0.0726 e. The van der Waals surface area contributed by atoms with E-state index in [1.165, 1.54) is 25.7 Å². The molecule has 3 heteroatoms. The first kappa shape index (κ1) is 14.9. The first-order valence-corrected chi connectivity index (χ1v) is 7.17. The molecule has 1 N–H and O–H groups in total. The lowest BCUT2D eigenvalue weighted by molar-refractivity contribution is 0.000156. The summed E-state index contributed by atoms with van der Waals surface area (Å²) in [5.74, 6) is 0.715. The van der Waals surface area contributed by atoms with E-state index in [1.807, 2.05) is 7.11 Å². The zero-order chi connectivity index (χ0) is 12.5. The SMILES string of the molecule is CCCNC(C1CCOCC1)C(CCC)OC. The van der Waals surface area contributed by atoms with Crippen LogP contribution in [0.5, 0.6) is 0 Å². The molecule has 0 bridgehead atoms. The van der Waals surface area contributed by atoms with Gasteiger partial charge in [0.15, 0.2) is 0 Å². The number of methoxy groups -OCH3 is 1. The second-order valence-corrected chi connectivity index (χ2v) is 4.99. The Bertz CT molecular complexity index is 176. The normalized spacial score (nSPS) is 21.4. The third-order valence-corrected chi connectivity index (χ3v) is 3.68. The summed E-state index contributed by atoms with van der Waals surface area (Å²) in [6.45, 7) is 7.36. The highest BCUT2D eigenvalue weighted by molar-refractivity contribution is 4.85. The summed E-state index contributed by atoms with van der Waals surface area (Å²) in [4.78, 5) is 0. The van der Waals surface area contributed by atoms with Gasteiger partial charge in [0.1, 0.15) is 0 Å². The van der Waals surface area contributed by atoms with Crippen LogP contribution in [0.25, 0.3) is 0 Å². The largest absolute Gasteiger partial charge is 0.381 e. The van der Waals surface area contributed by atoms with Crippen molar-refractivity contribution in [3.63, 3.8) is 0 Å². The Balaban J connectivity index is 2.55. The number of hydrogen-bond acceptors (Lipinski definition) is 3. The first-order valence-electron chi connectivity index (χ1n) is 7.17. The molecule has 0 spiro atoms. The Labute approximate surface area is 106 Å². The highest BCUT2D eigenvalue weighted by Crippen LogP contribution is 2.24. The average Bonchev–Trinajstić information content (AvgIpc) is 2.39. The molecule has 1 fully saturated rings. The molecule has 1 rings (SSSR count). The molecule has 0 aliphatic carbocycles. The fourth-order valence-corrected chi connectivity index (χ4v) is 2.72. The zero-order valence-electron chi connectivity index (χ0n) is 11.7. The van der Waals surface area contributed by atoms with E-state index in [-0.39, 0.29) is 0 Å². The Morgan fingerprint density at radius 3 is 2.47 bits per heavy atom. The van der Waals surface area contributed by atoms with Crippen molar-refractivity contribution < 1.29 is 9.47 Å². The third kappa shape index (κ3) is 4.94. The van der Waals surface area contributed by atoms with Gasteiger partial charge in [0.25, 0.3) is 0 Å². The Kier molecular flexibility index (Phi) is 7.82. The summed E-state index contributed by atoms with van der Waals surface area (Å²) in [5, 5.41) is 3.69. The summed E-state index contributed by atoms with van der Waals surface area (Å²) in [7, 11) is 1.85. The number of ether oxygens (including phenoxy) is 2. The van der Waals surface area contributed by atoms with Crippen LogP contribution < -0.4 is 5.32 Å². The van der Waals surface area contributed by atoms with Gasteiger partial charge < -0.3 is 14.8 Å². The van der Waals surface area contributed by atoms with Crippen molar-refractivity contribution >= 4 is 0 Å². The Hall–Kier alpha value is -0.120. The highest BCUT2D eigenvalue weighted by Gasteiger charge is 2.29. The van der Waals surface area contributed by atoms with Gasteiger partial charge >= 0.3 is 0 Å². The minimum atomic E-state index is 0.356. The fraction of sp³-hybridized carbons (Fsp3) is 1.00. The summed E-state index contributed by atoms with van der Waals surface area (Å²) >= 11 is 0. The Morgan fingerprint density at radius 1 is 1.24 bits per heavy atom. The standard InChI is InChI=1S/C14H29NO2/c1-4-6-13(16-3)14(15-9-5-2)12-7-10-17-11-8-12/h12-15H,4-11H2,1-3H3. The van der Waals surface area contributed by atoms with Crippen LogP contribution in [0.15, 0.2) is 0 Å². The maximum Gasteiger partial charge on any atom is 0.0726 e. The minimum Gasteiger partial charge on any atom is -0.381 e. The van der Waals surface area contributed by atoms with Crippen LogP contribution in [0.4, 0.5) is 0 Å². The van der Waals surface area contributed by atoms with E-state index in [1.54, 1.807) is 0 Å². The molecule has 17 heavy (non-hydrogen) atoms. The molecule has 0 radical (unpaired) electrons. The van der Waals surface area contributed by atoms with Gasteiger partial charge in [-0.1, -0.05) is 20.3 Å². The molecule has 0 saturated carbocycles. The van der Waals surface area contributed by atoms with Gasteiger partial charge in [-0.3, -0.25) is 0 Å². The van der Waals surface area contributed by atoms with E-state index in [0.29, 0.717) is 18.1 Å². The molecule has 0 amide bonds. The van der Waals surface area contributed by atoms with E-state index < -0.39 is 0 Å². The molecule has 0 aromatic rings. The molecule has 1 heterocycles. The predicted octanol–water partition coefficient (Wildman–Crippen LogP) is 2.60. The van der Waals surface area contributed by atoms with Crippen LogP contribution in [0.3, 0.4) is 0 Å². The van der Waals surface area contributed by atoms with Crippen molar-refractivity contribution in [1.29, 1.82) is 0 Å². The van der Waals surface area contributed by atoms with Crippen molar-refractivity contribution in [2.45, 2.75) is 58.1 Å². The molecule has 3 nitrogen and oxygen atoms in total. The number of nitrogens with one attached hydrogen (secondary N) is 1. The second-order valence-electron chi connectivity index (χ2n) is 4.99. The molecule has 102 valence electrons. The Morgan fingerprint density at radius 2 is 1.94 bits per heavy atom. The maximum absolute atomic E-state index is 5.70. The van der Waals surface area contributed by atoms with Gasteiger partial charge in [-0.15, -0.1) is 0 Å². The van der Waals surface area contributed by atoms with Crippen LogP contribution in [-0.4, -0.2) is 39.0 Å². The first-order chi connectivity index (χ1) is 8.33. The zero-order valence-corrected chi connectivity index (χ0v) is 11.7. The third-order valence-electron chi connectivity index (χ3n) is 3.68. The molecule has 2 unspecified atom stereocenters. The van der Waals surface area contributed by atoms with Crippen LogP contribution >= 0.6 is 0 Å².